The number of non-ortho nitro benzene ring substituents is 6. The quantitative estimate of drug-likeness (QED) is 0.00990. The van der Waals surface area contributed by atoms with Crippen LogP contribution in [0.25, 0.3) is 16.7 Å². The van der Waals surface area contributed by atoms with E-state index in [0.717, 1.165) is 60.7 Å². The van der Waals surface area contributed by atoms with Gasteiger partial charge in [0.25, 0.3) is 34.1 Å². The fourth-order valence-electron chi connectivity index (χ4n) is 17.6. The topological polar surface area (TPSA) is 634 Å². The Labute approximate surface area is 797 Å². The van der Waals surface area contributed by atoms with Crippen LogP contribution in [0.15, 0.2) is 187 Å². The van der Waals surface area contributed by atoms with Crippen molar-refractivity contribution in [2.45, 2.75) is 119 Å². The Morgan fingerprint density at radius 2 is 0.639 bits per heavy atom. The predicted octanol–water partition coefficient (Wildman–Crippen LogP) is 4.04. The summed E-state index contributed by atoms with van der Waals surface area (Å²) in [6.45, 7) is 17.7. The van der Waals surface area contributed by atoms with E-state index in [4.69, 9.17) is 30.0 Å². The number of rotatable bonds is 21. The molecule has 133 heavy (non-hydrogen) atoms. The van der Waals surface area contributed by atoms with Crippen LogP contribution in [-0.4, -0.2) is 190 Å². The van der Waals surface area contributed by atoms with Crippen LogP contribution in [0.5, 0.6) is 0 Å². The number of nitro benzene ring substituents is 6. The number of carbonyl (C=O) groups is 12. The van der Waals surface area contributed by atoms with Gasteiger partial charge in [-0.15, -0.1) is 0 Å². The van der Waals surface area contributed by atoms with Gasteiger partial charge in [-0.2, -0.15) is 0 Å². The van der Waals surface area contributed by atoms with Gasteiger partial charge in [-0.3, -0.25) is 84.7 Å². The first-order chi connectivity index (χ1) is 61.6. The number of hydrogen-bond donors (Lipinski definition) is 5. The standard InChI is InChI=1S/C24H21N3O8.C23H19N3O9.C18H18N2O7.C16H18N2O4.C6H6BNO4.CH4.K/c1-12(2)18-20-13(3)19(14-4-8-16(9-5-14)26(31)32)21(25(20)22(18)28)24(30)35-23(29)15-6-10-17(11-7-15)27(33)34;1-11-17(13-3-7-15(8-4-13)25(31)32)20(24-19(11)18(12(2)27)21(24)28)23(30)35-22(29)14-5-9-16(10-6-14)26(33)34;1-8(2)12-13-9(3)15(21)14(19(13)16(12)22)18(24)27-17(23)10-4-6-11(7-5-10)20(25)26;1-7-11(9-3-5-10(17)6-4-9)14(16(21)22)18-13(7)12(8(2)19)15(18)20;9-7(10)5-1-3-6(4-2-5)8(11)12;;/h4-13,18,20H,1-3H3;3-12,18-19,27H,1-2H3;4-9,12-14H,1-3H3;3-8,12-13,19H,17H2,1-2H3,(H,21,22);1-4,9-10H;1H4;/q;;;;;;+1/p-1/t13-,18+,20+;11-,12+,18+,19+;9-,12-,13-,14?;7-,8+,12+,13+;;;/m0010.../s1. The van der Waals surface area contributed by atoms with Crippen LogP contribution in [0, 0.1) is 120 Å². The number of Topliss-reactive ketones (excluding diaryl/α,β-unsaturated/α-hetero) is 1. The van der Waals surface area contributed by atoms with Gasteiger partial charge in [-0.05, 0) is 137 Å². The van der Waals surface area contributed by atoms with Gasteiger partial charge in [0.05, 0.1) is 118 Å². The summed E-state index contributed by atoms with van der Waals surface area (Å²) >= 11 is 0. The number of esters is 6. The number of nitro groups is 6. The number of nitrogen functional groups attached to an aromatic ring is 1. The number of carbonyl (C=O) groups excluding carboxylic acids is 12. The van der Waals surface area contributed by atoms with Crippen molar-refractivity contribution in [1.82, 2.24) is 19.6 Å². The van der Waals surface area contributed by atoms with Gasteiger partial charge in [-0.25, -0.2) is 28.8 Å². The van der Waals surface area contributed by atoms with Crippen molar-refractivity contribution in [3.05, 3.63) is 281 Å². The number of ether oxygens (including phenoxy) is 3. The Bertz CT molecular complexity index is 5790. The fraction of sp³-hybridized carbons (Fsp3) is 0.318. The van der Waals surface area contributed by atoms with Crippen LogP contribution < -0.4 is 67.7 Å². The van der Waals surface area contributed by atoms with E-state index in [2.05, 4.69) is 0 Å². The van der Waals surface area contributed by atoms with Crippen LogP contribution >= 0.6 is 0 Å². The molecular formula is C88H85BKN11O32. The molecule has 45 heteroatoms. The van der Waals surface area contributed by atoms with E-state index >= 15 is 0 Å². The van der Waals surface area contributed by atoms with Gasteiger partial charge in [0.2, 0.25) is 23.6 Å². The molecule has 15 rings (SSSR count). The van der Waals surface area contributed by atoms with E-state index in [1.807, 2.05) is 41.5 Å². The predicted molar refractivity (Wildman–Crippen MR) is 458 cm³/mol. The fourth-order valence-corrected chi connectivity index (χ4v) is 17.6. The molecule has 7 aromatic carbocycles. The Morgan fingerprint density at radius 3 is 0.932 bits per heavy atom. The number of carboxylic acid groups (broad SMARTS) is 1. The van der Waals surface area contributed by atoms with Crippen LogP contribution in [0.2, 0.25) is 0 Å². The molecule has 15 atom stereocenters. The first kappa shape index (κ1) is 103. The minimum Gasteiger partial charge on any atom is -0.543 e. The molecule has 0 bridgehead atoms. The SMILES string of the molecule is C.CC(C)[C@H]1C(=O)N2C(C(=O)OC(=O)c3ccc([N+](=O)[O-])cc3)=C(c3ccc([N+](=O)[O-])cc3)[C@H](C)[C@H]12.CC(C)[C@H]1C(=O)N2C(C(=O)OC(=O)c3ccc([N+](=O)[O-])cc3)C(=O)[C@H](C)[C@H]12.C[C@@H](O)[C@H]1C(=O)N2C(C(=O)OC(=O)c3ccc([N+](=O)[O-])cc3)=C(c3ccc([N+](=O)[O-])cc3)[C@H](C)[C@H]12.C[C@@H](O)[C@H]1C(=O)N2C(C(=O)[O-])=C(c3ccc(N)cc3)[C@H](C)[C@H]12.O=[N+]([O-])c1ccc(B(O)O)cc1.[K+]. The molecule has 7 aromatic rings. The average molecular weight is 1860 g/mol. The molecule has 8 aliphatic heterocycles. The third kappa shape index (κ3) is 20.2. The number of fused-ring (bicyclic) bond motifs is 4. The second-order valence-electron chi connectivity index (χ2n) is 32.4. The Hall–Kier alpha value is -14.1. The molecule has 0 aromatic heterocycles. The minimum absolute atomic E-state index is 0. The van der Waals surface area contributed by atoms with E-state index < -0.39 is 138 Å². The molecule has 0 radical (unpaired) electrons. The summed E-state index contributed by atoms with van der Waals surface area (Å²) in [5.41, 5.74) is 7.80. The number of aliphatic hydroxyl groups excluding tert-OH is 2. The molecule has 5 fully saturated rings. The van der Waals surface area contributed by atoms with Crippen LogP contribution in [0.1, 0.15) is 124 Å². The number of ketones is 1. The molecule has 8 heterocycles. The number of hydrogen-bond acceptors (Lipinski definition) is 33. The summed E-state index contributed by atoms with van der Waals surface area (Å²) in [5, 5.41) is 113. The number of nitrogens with two attached hydrogens (primary N) is 1. The number of aliphatic carboxylic acids is 1. The van der Waals surface area contributed by atoms with Gasteiger partial charge in [0, 0.05) is 102 Å². The smallest absolute Gasteiger partial charge is 0.543 e. The number of aliphatic hydroxyl groups is 2. The maximum atomic E-state index is 13.2. The van der Waals surface area contributed by atoms with Gasteiger partial charge in [0.15, 0.2) is 11.8 Å². The zero-order valence-corrected chi connectivity index (χ0v) is 75.0. The van der Waals surface area contributed by atoms with E-state index in [1.54, 1.807) is 45.0 Å². The molecule has 0 spiro atoms. The Morgan fingerprint density at radius 1 is 0.376 bits per heavy atom. The average Bonchev–Trinajstić information content (AvgIpc) is 1.56. The molecule has 5 saturated heterocycles. The molecule has 4 amide bonds. The van der Waals surface area contributed by atoms with Crippen molar-refractivity contribution < 1.29 is 178 Å². The number of benzene rings is 7. The minimum atomic E-state index is -1.58. The molecule has 6 N–H and O–H groups in total. The van der Waals surface area contributed by atoms with Crippen molar-refractivity contribution in [3.63, 3.8) is 0 Å². The molecule has 0 aliphatic carbocycles. The molecular weight excluding hydrogens is 1770 g/mol. The van der Waals surface area contributed by atoms with Gasteiger partial charge >= 0.3 is 94.3 Å². The molecule has 8 aliphatic rings. The molecule has 43 nitrogen and oxygen atoms in total. The summed E-state index contributed by atoms with van der Waals surface area (Å²) in [5.74, 6) is -13.0. The Kier molecular flexibility index (Phi) is 32.1. The number of nitrogens with zero attached hydrogens (tertiary/aromatic N) is 10. The largest absolute Gasteiger partial charge is 1.00 e. The number of β-lactam (4-membered cyclic amide) rings is 4. The number of anilines is 1. The van der Waals surface area contributed by atoms with Crippen molar-refractivity contribution >= 4 is 140 Å². The summed E-state index contributed by atoms with van der Waals surface area (Å²) < 4.78 is 14.9. The van der Waals surface area contributed by atoms with Crippen LogP contribution in [0.4, 0.5) is 39.8 Å². The zero-order valence-electron chi connectivity index (χ0n) is 71.8. The van der Waals surface area contributed by atoms with Crippen molar-refractivity contribution in [3.8, 4) is 0 Å². The van der Waals surface area contributed by atoms with E-state index in [1.165, 1.54) is 111 Å². The van der Waals surface area contributed by atoms with Crippen LogP contribution in [0.3, 0.4) is 0 Å². The van der Waals surface area contributed by atoms with E-state index in [9.17, 15) is 134 Å². The molecule has 688 valence electrons. The summed E-state index contributed by atoms with van der Waals surface area (Å²) in [6.07, 6.45) is -1.80. The van der Waals surface area contributed by atoms with Crippen molar-refractivity contribution in [2.24, 2.45) is 59.2 Å². The summed E-state index contributed by atoms with van der Waals surface area (Å²) in [4.78, 5) is 216. The van der Waals surface area contributed by atoms with E-state index in [-0.39, 0.29) is 204 Å². The van der Waals surface area contributed by atoms with E-state index in [0.29, 0.717) is 39.1 Å². The normalized spacial score (nSPS) is 22.2. The Balaban J connectivity index is 0.000000192. The van der Waals surface area contributed by atoms with Crippen molar-refractivity contribution in [1.29, 1.82) is 0 Å². The maximum absolute atomic E-state index is 13.2. The molecule has 1 unspecified atom stereocenters. The third-order valence-electron chi connectivity index (χ3n) is 23.9. The second-order valence-corrected chi connectivity index (χ2v) is 32.4. The molecule has 0 saturated carbocycles. The first-order valence-electron chi connectivity index (χ1n) is 40.3. The first-order valence-corrected chi connectivity index (χ1v) is 40.3. The third-order valence-corrected chi connectivity index (χ3v) is 23.9. The number of carboxylic acids is 1. The van der Waals surface area contributed by atoms with Crippen molar-refractivity contribution in [2.75, 3.05) is 5.73 Å². The maximum Gasteiger partial charge on any atom is 1.00 e. The second kappa shape index (κ2) is 41.6. The van der Waals surface area contributed by atoms with Gasteiger partial charge < -0.3 is 69.7 Å². The number of amides is 4. The zero-order chi connectivity index (χ0) is 96.6. The van der Waals surface area contributed by atoms with Gasteiger partial charge in [-0.1, -0.05) is 87.1 Å². The summed E-state index contributed by atoms with van der Waals surface area (Å²) in [7, 11) is -1.58. The monoisotopic (exact) mass is 1860 g/mol. The van der Waals surface area contributed by atoms with Crippen LogP contribution in [-0.2, 0) is 57.4 Å². The summed E-state index contributed by atoms with van der Waals surface area (Å²) in [6, 6.07) is 33.4. The van der Waals surface area contributed by atoms with Gasteiger partial charge in [0.1, 0.15) is 11.4 Å².